The van der Waals surface area contributed by atoms with Crippen LogP contribution in [0.15, 0.2) is 18.2 Å². The summed E-state index contributed by atoms with van der Waals surface area (Å²) < 4.78 is 38.8. The van der Waals surface area contributed by atoms with Gasteiger partial charge in [0.1, 0.15) is 5.84 Å². The van der Waals surface area contributed by atoms with Crippen molar-refractivity contribution in [3.05, 3.63) is 46.3 Å². The lowest BCUT2D eigenvalue weighted by molar-refractivity contribution is -0.137. The number of nitriles is 1. The van der Waals surface area contributed by atoms with E-state index in [4.69, 9.17) is 34.7 Å². The lowest BCUT2D eigenvalue weighted by Crippen LogP contribution is -2.30. The molecule has 0 aromatic heterocycles. The third-order valence-electron chi connectivity index (χ3n) is 7.48. The standard InChI is InChI=1S/C35H46FN3O7.BrH/c1-6-43-28-20-24-21-39(34(38)30(24)31(36)33(28)44-7-2)22-25(40)14-13-23-18-26(35(3,4)5)32(46-17-10-8-12-29(41)42)27(19-23)45-16-11-9-15-37;/h18-20,38H,6-14,16-17,21-22H2,1-5H3,(H,41,42);1H. The number of amidine groups is 1. The topological polar surface area (TPSA) is 142 Å². The number of carbonyl (C=O) groups excluding carboxylic acids is 1. The van der Waals surface area contributed by atoms with Crippen molar-refractivity contribution < 1.29 is 38.0 Å². The van der Waals surface area contributed by atoms with Crippen molar-refractivity contribution in [2.24, 2.45) is 0 Å². The van der Waals surface area contributed by atoms with Crippen LogP contribution in [0.4, 0.5) is 4.39 Å². The number of carbonyl (C=O) groups is 2. The van der Waals surface area contributed by atoms with E-state index in [1.165, 1.54) is 0 Å². The van der Waals surface area contributed by atoms with Gasteiger partial charge in [-0.3, -0.25) is 15.0 Å². The summed E-state index contributed by atoms with van der Waals surface area (Å²) in [6.45, 7) is 11.1. The van der Waals surface area contributed by atoms with Gasteiger partial charge in [-0.15, -0.1) is 17.0 Å². The van der Waals surface area contributed by atoms with Crippen LogP contribution < -0.4 is 18.9 Å². The predicted molar refractivity (Wildman–Crippen MR) is 182 cm³/mol. The van der Waals surface area contributed by atoms with E-state index in [2.05, 4.69) is 26.8 Å². The normalized spacial score (nSPS) is 12.2. The number of ether oxygens (including phenoxy) is 4. The fourth-order valence-corrected chi connectivity index (χ4v) is 5.24. The Morgan fingerprint density at radius 1 is 0.979 bits per heavy atom. The largest absolute Gasteiger partial charge is 0.490 e. The molecule has 1 heterocycles. The lowest BCUT2D eigenvalue weighted by atomic mass is 9.84. The molecule has 12 heteroatoms. The zero-order valence-electron chi connectivity index (χ0n) is 28.0. The summed E-state index contributed by atoms with van der Waals surface area (Å²) in [4.78, 5) is 25.7. The van der Waals surface area contributed by atoms with Crippen LogP contribution in [0.5, 0.6) is 23.0 Å². The third-order valence-corrected chi connectivity index (χ3v) is 7.48. The molecule has 0 aliphatic carbocycles. The summed E-state index contributed by atoms with van der Waals surface area (Å²) in [5.74, 6) is -0.280. The summed E-state index contributed by atoms with van der Waals surface area (Å²) in [7, 11) is 0. The Labute approximate surface area is 287 Å². The van der Waals surface area contributed by atoms with Gasteiger partial charge in [0.05, 0.1) is 44.6 Å². The highest BCUT2D eigenvalue weighted by atomic mass is 79.9. The number of carboxylic acids is 1. The highest BCUT2D eigenvalue weighted by molar-refractivity contribution is 8.93. The molecule has 10 nitrogen and oxygen atoms in total. The summed E-state index contributed by atoms with van der Waals surface area (Å²) in [6, 6.07) is 7.67. The number of Topliss-reactive ketones (excluding diaryl/α,β-unsaturated/α-hetero) is 1. The van der Waals surface area contributed by atoms with Gasteiger partial charge in [-0.1, -0.05) is 26.8 Å². The van der Waals surface area contributed by atoms with Crippen LogP contribution in [0.2, 0.25) is 0 Å². The minimum absolute atomic E-state index is 0. The molecule has 0 amide bonds. The Kier molecular flexibility index (Phi) is 15.5. The average Bonchev–Trinajstić information content (AvgIpc) is 3.30. The Hall–Kier alpha value is -3.85. The predicted octanol–water partition coefficient (Wildman–Crippen LogP) is 7.16. The molecular weight excluding hydrogens is 673 g/mol. The average molecular weight is 721 g/mol. The highest BCUT2D eigenvalue weighted by Gasteiger charge is 2.33. The molecule has 2 aromatic rings. The van der Waals surface area contributed by atoms with Gasteiger partial charge in [0.25, 0.3) is 0 Å². The number of aliphatic carboxylic acids is 1. The van der Waals surface area contributed by atoms with E-state index in [0.29, 0.717) is 69.0 Å². The number of nitrogens with zero attached hydrogens (tertiary/aromatic N) is 2. The molecule has 2 aromatic carbocycles. The maximum absolute atomic E-state index is 15.4. The first-order valence-electron chi connectivity index (χ1n) is 15.9. The first-order valence-corrected chi connectivity index (χ1v) is 15.9. The molecule has 0 fully saturated rings. The number of aryl methyl sites for hydroxylation is 1. The number of carboxylic acid groups (broad SMARTS) is 1. The van der Waals surface area contributed by atoms with Crippen LogP contribution in [-0.4, -0.2) is 60.6 Å². The number of hydrogen-bond acceptors (Lipinski definition) is 8. The van der Waals surface area contributed by atoms with Gasteiger partial charge in [-0.05, 0) is 68.2 Å². The van der Waals surface area contributed by atoms with Gasteiger partial charge in [0, 0.05) is 31.4 Å². The fourth-order valence-electron chi connectivity index (χ4n) is 5.24. The van der Waals surface area contributed by atoms with Crippen LogP contribution in [0.3, 0.4) is 0 Å². The monoisotopic (exact) mass is 719 g/mol. The van der Waals surface area contributed by atoms with Crippen LogP contribution in [-0.2, 0) is 28.0 Å². The van der Waals surface area contributed by atoms with E-state index >= 15 is 4.39 Å². The second kappa shape index (κ2) is 18.5. The van der Waals surface area contributed by atoms with Crippen molar-refractivity contribution in [2.45, 2.75) is 91.5 Å². The summed E-state index contributed by atoms with van der Waals surface area (Å²) in [6.07, 6.45) is 2.65. The molecule has 0 atom stereocenters. The second-order valence-corrected chi connectivity index (χ2v) is 12.2. The molecule has 0 saturated carbocycles. The Balaban J connectivity index is 0.00000768. The molecule has 1 aliphatic rings. The van der Waals surface area contributed by atoms with Crippen LogP contribution >= 0.6 is 17.0 Å². The summed E-state index contributed by atoms with van der Waals surface area (Å²) in [5, 5.41) is 26.5. The first-order chi connectivity index (χ1) is 21.9. The zero-order chi connectivity index (χ0) is 33.9. The minimum Gasteiger partial charge on any atom is -0.490 e. The van der Waals surface area contributed by atoms with Gasteiger partial charge in [-0.2, -0.15) is 5.26 Å². The van der Waals surface area contributed by atoms with Gasteiger partial charge in [0.15, 0.2) is 34.6 Å². The quantitative estimate of drug-likeness (QED) is 0.145. The van der Waals surface area contributed by atoms with E-state index in [0.717, 1.165) is 11.1 Å². The molecule has 0 unspecified atom stereocenters. The Bertz CT molecular complexity index is 1450. The van der Waals surface area contributed by atoms with Crippen LogP contribution in [0, 0.1) is 22.6 Å². The summed E-state index contributed by atoms with van der Waals surface area (Å²) in [5.41, 5.74) is 2.15. The molecule has 0 bridgehead atoms. The molecule has 0 radical (unpaired) electrons. The molecule has 1 aliphatic heterocycles. The second-order valence-electron chi connectivity index (χ2n) is 12.2. The van der Waals surface area contributed by atoms with E-state index in [-0.39, 0.29) is 83.6 Å². The maximum atomic E-state index is 15.4. The van der Waals surface area contributed by atoms with Crippen LogP contribution in [0.25, 0.3) is 0 Å². The number of hydrogen-bond donors (Lipinski definition) is 2. The number of fused-ring (bicyclic) bond motifs is 1. The maximum Gasteiger partial charge on any atom is 0.303 e. The molecule has 47 heavy (non-hydrogen) atoms. The van der Waals surface area contributed by atoms with Crippen molar-refractivity contribution in [3.8, 4) is 29.1 Å². The smallest absolute Gasteiger partial charge is 0.303 e. The number of benzene rings is 2. The van der Waals surface area contributed by atoms with Crippen molar-refractivity contribution in [2.75, 3.05) is 33.0 Å². The first kappa shape index (κ1) is 39.3. The third kappa shape index (κ3) is 10.8. The van der Waals surface area contributed by atoms with E-state index in [1.54, 1.807) is 24.8 Å². The molecule has 0 spiro atoms. The highest BCUT2D eigenvalue weighted by Crippen LogP contribution is 2.41. The Morgan fingerprint density at radius 3 is 2.30 bits per heavy atom. The fraction of sp³-hybridized carbons (Fsp3) is 0.543. The van der Waals surface area contributed by atoms with E-state index < -0.39 is 11.8 Å². The van der Waals surface area contributed by atoms with E-state index in [1.807, 2.05) is 12.1 Å². The Morgan fingerprint density at radius 2 is 1.66 bits per heavy atom. The molecule has 2 N–H and O–H groups in total. The van der Waals surface area contributed by atoms with Crippen LogP contribution in [0.1, 0.15) is 95.4 Å². The van der Waals surface area contributed by atoms with Crippen molar-refractivity contribution >= 4 is 34.6 Å². The van der Waals surface area contributed by atoms with Crippen molar-refractivity contribution in [1.29, 1.82) is 10.7 Å². The molecule has 258 valence electrons. The number of halogens is 2. The molecular formula is C35H47BrFN3O7. The minimum atomic E-state index is -0.847. The van der Waals surface area contributed by atoms with E-state index in [9.17, 15) is 9.59 Å². The number of unbranched alkanes of at least 4 members (excludes halogenated alkanes) is 2. The van der Waals surface area contributed by atoms with Crippen molar-refractivity contribution in [3.63, 3.8) is 0 Å². The number of rotatable bonds is 19. The summed E-state index contributed by atoms with van der Waals surface area (Å²) >= 11 is 0. The molecule has 3 rings (SSSR count). The molecule has 0 saturated heterocycles. The zero-order valence-corrected chi connectivity index (χ0v) is 29.7. The van der Waals surface area contributed by atoms with Gasteiger partial charge < -0.3 is 29.0 Å². The van der Waals surface area contributed by atoms with Gasteiger partial charge in [-0.25, -0.2) is 4.39 Å². The van der Waals surface area contributed by atoms with Crippen molar-refractivity contribution in [1.82, 2.24) is 4.90 Å². The number of nitrogens with one attached hydrogen (secondary N) is 1. The lowest BCUT2D eigenvalue weighted by Gasteiger charge is -2.26. The SMILES string of the molecule is Br.CCOc1cc2c(c(F)c1OCC)C(=N)N(CC(=O)CCc1cc(OCCCC#N)c(OCCCCC(=O)O)c(C(C)(C)C)c1)C2. The number of ketones is 1. The van der Waals surface area contributed by atoms with Gasteiger partial charge >= 0.3 is 5.97 Å². The van der Waals surface area contributed by atoms with Gasteiger partial charge in [0.2, 0.25) is 0 Å².